The molecule has 0 unspecified atom stereocenters. The predicted octanol–water partition coefficient (Wildman–Crippen LogP) is 5.47. The summed E-state index contributed by atoms with van der Waals surface area (Å²) in [6.07, 6.45) is 7.83. The van der Waals surface area contributed by atoms with Gasteiger partial charge in [0.2, 0.25) is 0 Å². The number of carbonyl (C=O) groups excluding carboxylic acids is 1. The van der Waals surface area contributed by atoms with Crippen LogP contribution < -0.4 is 14.8 Å². The number of urea groups is 1. The highest BCUT2D eigenvalue weighted by Gasteiger charge is 2.25. The van der Waals surface area contributed by atoms with Crippen LogP contribution in [0, 0.1) is 5.92 Å². The molecule has 0 aromatic heterocycles. The molecular weight excluding hydrogens is 555 g/mol. The van der Waals surface area contributed by atoms with Gasteiger partial charge in [0, 0.05) is 37.2 Å². The highest BCUT2D eigenvalue weighted by molar-refractivity contribution is 14.1. The summed E-state index contributed by atoms with van der Waals surface area (Å²) in [6.45, 7) is 1.85. The number of amides is 2. The minimum Gasteiger partial charge on any atom is -0.493 e. The van der Waals surface area contributed by atoms with Crippen molar-refractivity contribution in [3.63, 3.8) is 0 Å². The van der Waals surface area contributed by atoms with Crippen LogP contribution in [0.15, 0.2) is 57.9 Å². The molecule has 1 saturated carbocycles. The maximum absolute atomic E-state index is 12.9. The number of rotatable bonds is 10. The Morgan fingerprint density at radius 1 is 1.11 bits per heavy atom. The summed E-state index contributed by atoms with van der Waals surface area (Å²) >= 11 is 2.20. The molecule has 2 amide bonds. The Hall–Kier alpha value is -2.26. The number of ether oxygens (including phenoxy) is 2. The zero-order valence-electron chi connectivity index (χ0n) is 20.2. The van der Waals surface area contributed by atoms with Gasteiger partial charge in [-0.05, 0) is 65.5 Å². The van der Waals surface area contributed by atoms with Gasteiger partial charge in [-0.3, -0.25) is 0 Å². The normalized spacial score (nSPS) is 15.8. The standard InChI is InChI=1S/C28H35IN2O4/c29-27-23(19-31(16-17-32)28(33)30-15-14-21-8-3-1-4-9-21)18-24-25(12-7-13-26(24)35-27)34-20-22-10-5-2-6-11-22/h1,3-4,7-9,12-13,22,32H,2,5-6,10-11,14-20H2,(H,30,33). The van der Waals surface area contributed by atoms with Crippen molar-refractivity contribution in [1.29, 1.82) is 0 Å². The van der Waals surface area contributed by atoms with E-state index in [1.54, 1.807) is 4.90 Å². The molecule has 1 aliphatic heterocycles. The van der Waals surface area contributed by atoms with Gasteiger partial charge in [0.05, 0.1) is 13.2 Å². The van der Waals surface area contributed by atoms with E-state index in [9.17, 15) is 9.90 Å². The summed E-state index contributed by atoms with van der Waals surface area (Å²) in [6, 6.07) is 15.9. The molecule has 35 heavy (non-hydrogen) atoms. The number of nitrogens with one attached hydrogen (secondary N) is 1. The Balaban J connectivity index is 1.37. The number of aliphatic hydroxyl groups excluding tert-OH is 1. The first-order valence-electron chi connectivity index (χ1n) is 12.6. The molecular formula is C28H35IN2O4. The molecule has 0 bridgehead atoms. The molecule has 0 spiro atoms. The molecule has 1 heterocycles. The number of hydrogen-bond acceptors (Lipinski definition) is 4. The Kier molecular flexibility index (Phi) is 9.71. The van der Waals surface area contributed by atoms with Crippen molar-refractivity contribution in [2.24, 2.45) is 5.92 Å². The maximum atomic E-state index is 12.9. The molecule has 1 fully saturated rings. The summed E-state index contributed by atoms with van der Waals surface area (Å²) in [4.78, 5) is 14.6. The van der Waals surface area contributed by atoms with E-state index in [4.69, 9.17) is 9.47 Å². The molecule has 0 saturated heterocycles. The minimum atomic E-state index is -0.181. The van der Waals surface area contributed by atoms with Crippen LogP contribution in [0.1, 0.15) is 43.2 Å². The number of aliphatic hydroxyl groups is 1. The topological polar surface area (TPSA) is 71.0 Å². The van der Waals surface area contributed by atoms with Crippen molar-refractivity contribution in [3.8, 4) is 11.5 Å². The monoisotopic (exact) mass is 590 g/mol. The van der Waals surface area contributed by atoms with E-state index in [0.29, 0.717) is 25.4 Å². The van der Waals surface area contributed by atoms with Gasteiger partial charge in [-0.2, -0.15) is 0 Å². The number of halogens is 1. The third kappa shape index (κ3) is 7.36. The van der Waals surface area contributed by atoms with Crippen LogP contribution >= 0.6 is 22.6 Å². The first-order valence-corrected chi connectivity index (χ1v) is 13.7. The van der Waals surface area contributed by atoms with Crippen LogP contribution in [0.25, 0.3) is 0 Å². The van der Waals surface area contributed by atoms with Gasteiger partial charge in [-0.25, -0.2) is 4.79 Å². The number of benzene rings is 2. The molecule has 2 N–H and O–H groups in total. The first kappa shape index (κ1) is 25.8. The largest absolute Gasteiger partial charge is 0.493 e. The van der Waals surface area contributed by atoms with Gasteiger partial charge < -0.3 is 24.8 Å². The fourth-order valence-electron chi connectivity index (χ4n) is 4.76. The molecule has 1 aliphatic carbocycles. The van der Waals surface area contributed by atoms with Crippen LogP contribution in [0.2, 0.25) is 0 Å². The lowest BCUT2D eigenvalue weighted by molar-refractivity contribution is 0.181. The number of carbonyl (C=O) groups is 1. The third-order valence-corrected chi connectivity index (χ3v) is 7.71. The van der Waals surface area contributed by atoms with Crippen LogP contribution in [0.4, 0.5) is 4.79 Å². The van der Waals surface area contributed by atoms with Crippen LogP contribution in [0.5, 0.6) is 11.5 Å². The fraction of sp³-hybridized carbons (Fsp3) is 0.464. The summed E-state index contributed by atoms with van der Waals surface area (Å²) < 4.78 is 13.2. The molecule has 6 nitrogen and oxygen atoms in total. The molecule has 188 valence electrons. The lowest BCUT2D eigenvalue weighted by Gasteiger charge is -2.28. The minimum absolute atomic E-state index is 0.0941. The van der Waals surface area contributed by atoms with E-state index in [1.165, 1.54) is 37.7 Å². The second kappa shape index (κ2) is 13.2. The summed E-state index contributed by atoms with van der Waals surface area (Å²) in [5, 5.41) is 12.6. The molecule has 2 aromatic carbocycles. The Morgan fingerprint density at radius 3 is 2.69 bits per heavy atom. The molecule has 0 radical (unpaired) electrons. The Labute approximate surface area is 221 Å². The van der Waals surface area contributed by atoms with Gasteiger partial charge >= 0.3 is 6.03 Å². The molecule has 0 atom stereocenters. The lowest BCUT2D eigenvalue weighted by Crippen LogP contribution is -2.43. The Morgan fingerprint density at radius 2 is 1.91 bits per heavy atom. The highest BCUT2D eigenvalue weighted by atomic mass is 127. The number of fused-ring (bicyclic) bond motifs is 1. The van der Waals surface area contributed by atoms with Crippen molar-refractivity contribution in [3.05, 3.63) is 69.0 Å². The van der Waals surface area contributed by atoms with E-state index < -0.39 is 0 Å². The average Bonchev–Trinajstić information content (AvgIpc) is 2.88. The fourth-order valence-corrected chi connectivity index (χ4v) is 5.35. The van der Waals surface area contributed by atoms with E-state index in [1.807, 2.05) is 36.4 Å². The molecule has 4 rings (SSSR count). The van der Waals surface area contributed by atoms with Gasteiger partial charge in [-0.15, -0.1) is 0 Å². The lowest BCUT2D eigenvalue weighted by atomic mass is 9.90. The van der Waals surface area contributed by atoms with Gasteiger partial charge in [0.1, 0.15) is 11.5 Å². The quantitative estimate of drug-likeness (QED) is 0.360. The van der Waals surface area contributed by atoms with Gasteiger partial charge in [0.15, 0.2) is 3.77 Å². The second-order valence-electron chi connectivity index (χ2n) is 9.32. The average molecular weight is 591 g/mol. The second-order valence-corrected chi connectivity index (χ2v) is 10.3. The first-order chi connectivity index (χ1) is 17.1. The molecule has 2 aliphatic rings. The SMILES string of the molecule is O=C(NCCc1ccccc1)N(CCO)CC1=C(I)Oc2cccc(OCC3CCCCC3)c2C1. The van der Waals surface area contributed by atoms with E-state index >= 15 is 0 Å². The van der Waals surface area contributed by atoms with Crippen LogP contribution in [-0.2, 0) is 12.8 Å². The zero-order chi connectivity index (χ0) is 24.5. The molecule has 7 heteroatoms. The number of nitrogens with zero attached hydrogens (tertiary/aromatic N) is 1. The number of hydrogen-bond donors (Lipinski definition) is 2. The Bertz CT molecular complexity index is 1010. The van der Waals surface area contributed by atoms with Gasteiger partial charge in [-0.1, -0.05) is 55.7 Å². The van der Waals surface area contributed by atoms with Gasteiger partial charge in [0.25, 0.3) is 0 Å². The maximum Gasteiger partial charge on any atom is 0.317 e. The van der Waals surface area contributed by atoms with Crippen molar-refractivity contribution in [2.75, 3.05) is 32.8 Å². The summed E-state index contributed by atoms with van der Waals surface area (Å²) in [5.41, 5.74) is 3.22. The van der Waals surface area contributed by atoms with Crippen molar-refractivity contribution in [1.82, 2.24) is 10.2 Å². The zero-order valence-corrected chi connectivity index (χ0v) is 22.3. The van der Waals surface area contributed by atoms with Crippen LogP contribution in [0.3, 0.4) is 0 Å². The van der Waals surface area contributed by atoms with Crippen molar-refractivity contribution < 1.29 is 19.4 Å². The summed E-state index contributed by atoms with van der Waals surface area (Å²) in [5.74, 6) is 2.31. The molecule has 2 aromatic rings. The third-order valence-electron chi connectivity index (χ3n) is 6.73. The van der Waals surface area contributed by atoms with E-state index in [-0.39, 0.29) is 19.2 Å². The highest BCUT2D eigenvalue weighted by Crippen LogP contribution is 2.39. The van der Waals surface area contributed by atoms with Crippen molar-refractivity contribution in [2.45, 2.75) is 44.9 Å². The van der Waals surface area contributed by atoms with E-state index in [2.05, 4.69) is 40.0 Å². The smallest absolute Gasteiger partial charge is 0.317 e. The van der Waals surface area contributed by atoms with Crippen LogP contribution in [-0.4, -0.2) is 48.9 Å². The van der Waals surface area contributed by atoms with E-state index in [0.717, 1.165) is 39.4 Å². The van der Waals surface area contributed by atoms with Crippen molar-refractivity contribution >= 4 is 28.6 Å². The predicted molar refractivity (Wildman–Crippen MR) is 146 cm³/mol. The summed E-state index contributed by atoms with van der Waals surface area (Å²) in [7, 11) is 0.